The Kier molecular flexibility index (Phi) is 4.80. The molecule has 0 bridgehead atoms. The predicted molar refractivity (Wildman–Crippen MR) is 169 cm³/mol. The minimum atomic E-state index is 0.616. The van der Waals surface area contributed by atoms with Crippen LogP contribution in [0.4, 0.5) is 0 Å². The first-order valence-corrected chi connectivity index (χ1v) is 13.9. The molecule has 4 aromatic heterocycles. The van der Waals surface area contributed by atoms with Crippen LogP contribution in [0.5, 0.6) is 0 Å². The van der Waals surface area contributed by atoms with Gasteiger partial charge in [0.25, 0.3) is 0 Å². The molecular formula is C36H22N6. The second kappa shape index (κ2) is 8.81. The van der Waals surface area contributed by atoms with E-state index in [0.717, 1.165) is 71.5 Å². The summed E-state index contributed by atoms with van der Waals surface area (Å²) in [6.07, 6.45) is 5.43. The molecule has 0 aliphatic heterocycles. The predicted octanol–water partition coefficient (Wildman–Crippen LogP) is 8.28. The average Bonchev–Trinajstić information content (AvgIpc) is 3.60. The minimum absolute atomic E-state index is 0.616. The summed E-state index contributed by atoms with van der Waals surface area (Å²) >= 11 is 0. The Labute approximate surface area is 240 Å². The van der Waals surface area contributed by atoms with Crippen LogP contribution >= 0.6 is 0 Å². The molecule has 0 unspecified atom stereocenters. The van der Waals surface area contributed by atoms with Gasteiger partial charge in [0.05, 0.1) is 33.3 Å². The molecule has 0 amide bonds. The number of nitrogens with zero attached hydrogens (tertiary/aromatic N) is 6. The molecule has 0 fully saturated rings. The fraction of sp³-hybridized carbons (Fsp3) is 0. The fourth-order valence-corrected chi connectivity index (χ4v) is 6.43. The third kappa shape index (κ3) is 3.14. The van der Waals surface area contributed by atoms with Crippen LogP contribution in [0.2, 0.25) is 0 Å². The number of hydrogen-bond acceptors (Lipinski definition) is 4. The van der Waals surface area contributed by atoms with Crippen molar-refractivity contribution in [1.82, 2.24) is 29.1 Å². The summed E-state index contributed by atoms with van der Waals surface area (Å²) in [7, 11) is 0. The second-order valence-corrected chi connectivity index (χ2v) is 10.4. The minimum Gasteiger partial charge on any atom is -0.307 e. The van der Waals surface area contributed by atoms with E-state index in [1.54, 1.807) is 6.33 Å². The normalized spacial score (nSPS) is 11.8. The topological polar surface area (TPSA) is 61.4 Å². The Morgan fingerprint density at radius 2 is 1.17 bits per heavy atom. The lowest BCUT2D eigenvalue weighted by Gasteiger charge is -2.13. The van der Waals surface area contributed by atoms with E-state index in [-0.39, 0.29) is 0 Å². The van der Waals surface area contributed by atoms with Crippen LogP contribution in [0, 0.1) is 0 Å². The van der Waals surface area contributed by atoms with E-state index >= 15 is 0 Å². The average molecular weight is 539 g/mol. The zero-order valence-electron chi connectivity index (χ0n) is 22.4. The Morgan fingerprint density at radius 1 is 0.524 bits per heavy atom. The monoisotopic (exact) mass is 538 g/mol. The molecule has 0 radical (unpaired) electrons. The van der Waals surface area contributed by atoms with E-state index in [4.69, 9.17) is 15.0 Å². The summed E-state index contributed by atoms with van der Waals surface area (Å²) in [5.41, 5.74) is 8.16. The van der Waals surface area contributed by atoms with E-state index in [1.165, 1.54) is 0 Å². The molecule has 196 valence electrons. The van der Waals surface area contributed by atoms with Gasteiger partial charge in [0.15, 0.2) is 0 Å². The van der Waals surface area contributed by atoms with Gasteiger partial charge in [0.2, 0.25) is 5.95 Å². The van der Waals surface area contributed by atoms with E-state index in [9.17, 15) is 0 Å². The van der Waals surface area contributed by atoms with Crippen molar-refractivity contribution < 1.29 is 0 Å². The summed E-state index contributed by atoms with van der Waals surface area (Å²) in [4.78, 5) is 19.4. The van der Waals surface area contributed by atoms with E-state index < -0.39 is 0 Å². The molecule has 0 spiro atoms. The number of benzene rings is 5. The van der Waals surface area contributed by atoms with Crippen molar-refractivity contribution in [1.29, 1.82) is 0 Å². The fourth-order valence-electron chi connectivity index (χ4n) is 6.43. The van der Waals surface area contributed by atoms with Crippen LogP contribution < -0.4 is 0 Å². The van der Waals surface area contributed by atoms with Crippen molar-refractivity contribution in [3.05, 3.63) is 134 Å². The maximum absolute atomic E-state index is 5.14. The third-order valence-corrected chi connectivity index (χ3v) is 8.12. The van der Waals surface area contributed by atoms with Crippen molar-refractivity contribution in [2.45, 2.75) is 0 Å². The molecule has 0 atom stereocenters. The first-order chi connectivity index (χ1) is 20.9. The maximum atomic E-state index is 5.14. The largest absolute Gasteiger partial charge is 0.307 e. The molecular weight excluding hydrogens is 516 g/mol. The van der Waals surface area contributed by atoms with Gasteiger partial charge < -0.3 is 4.57 Å². The van der Waals surface area contributed by atoms with Gasteiger partial charge in [0.1, 0.15) is 6.33 Å². The van der Waals surface area contributed by atoms with Gasteiger partial charge in [-0.3, -0.25) is 4.57 Å². The van der Waals surface area contributed by atoms with Gasteiger partial charge in [-0.05, 0) is 30.3 Å². The van der Waals surface area contributed by atoms with Crippen molar-refractivity contribution in [2.24, 2.45) is 0 Å². The van der Waals surface area contributed by atoms with Crippen molar-refractivity contribution in [3.63, 3.8) is 0 Å². The summed E-state index contributed by atoms with van der Waals surface area (Å²) in [6, 6.07) is 39.7. The van der Waals surface area contributed by atoms with Gasteiger partial charge in [-0.15, -0.1) is 0 Å². The van der Waals surface area contributed by atoms with Crippen LogP contribution in [0.3, 0.4) is 0 Å². The molecule has 0 N–H and O–H groups in total. The van der Waals surface area contributed by atoms with Crippen molar-refractivity contribution >= 4 is 54.5 Å². The molecule has 0 saturated carbocycles. The van der Waals surface area contributed by atoms with E-state index in [0.29, 0.717) is 5.95 Å². The third-order valence-electron chi connectivity index (χ3n) is 8.12. The van der Waals surface area contributed by atoms with Gasteiger partial charge in [-0.2, -0.15) is 0 Å². The van der Waals surface area contributed by atoms with E-state index in [1.807, 2.05) is 36.7 Å². The highest BCUT2D eigenvalue weighted by atomic mass is 15.2. The molecule has 6 nitrogen and oxygen atoms in total. The summed E-state index contributed by atoms with van der Waals surface area (Å²) in [5, 5.41) is 5.42. The number of rotatable bonds is 3. The number of hydrogen-bond donors (Lipinski definition) is 0. The molecule has 0 saturated heterocycles. The van der Waals surface area contributed by atoms with E-state index in [2.05, 4.69) is 105 Å². The molecule has 9 aromatic rings. The number of fused-ring (bicyclic) bond motifs is 10. The van der Waals surface area contributed by atoms with Crippen LogP contribution in [0.15, 0.2) is 134 Å². The zero-order chi connectivity index (χ0) is 27.6. The highest BCUT2D eigenvalue weighted by molar-refractivity contribution is 6.35. The zero-order valence-corrected chi connectivity index (χ0v) is 22.4. The summed E-state index contributed by atoms with van der Waals surface area (Å²) in [6.45, 7) is 0. The molecule has 9 rings (SSSR count). The Morgan fingerprint density at radius 3 is 1.95 bits per heavy atom. The Bertz CT molecular complexity index is 2460. The highest BCUT2D eigenvalue weighted by Gasteiger charge is 2.25. The van der Waals surface area contributed by atoms with Crippen LogP contribution in [0.1, 0.15) is 0 Å². The first kappa shape index (κ1) is 22.9. The van der Waals surface area contributed by atoms with Gasteiger partial charge in [0, 0.05) is 50.6 Å². The highest BCUT2D eigenvalue weighted by Crippen LogP contribution is 2.45. The standard InChI is InChI=1S/C36H22N6/c1-3-11-23(12-4-1)28-19-20-38-36(40-28)42-30-18-10-7-15-25(30)31-27-21-37-22-39-33(27)32-26-16-8-9-17-29(26)41(35(32)34(31)42)24-13-5-2-6-14-24/h1-22H. The van der Waals surface area contributed by atoms with Crippen molar-refractivity contribution in [2.75, 3.05) is 0 Å². The Balaban J connectivity index is 1.57. The van der Waals surface area contributed by atoms with Gasteiger partial charge in [-0.25, -0.2) is 19.9 Å². The van der Waals surface area contributed by atoms with Crippen molar-refractivity contribution in [3.8, 4) is 22.9 Å². The van der Waals surface area contributed by atoms with Gasteiger partial charge in [-0.1, -0.05) is 84.9 Å². The lowest BCUT2D eigenvalue weighted by atomic mass is 10.0. The smallest absolute Gasteiger partial charge is 0.235 e. The Hall–Kier alpha value is -5.88. The summed E-state index contributed by atoms with van der Waals surface area (Å²) < 4.78 is 4.56. The first-order valence-electron chi connectivity index (χ1n) is 13.9. The molecule has 0 aliphatic rings. The number of aromatic nitrogens is 6. The van der Waals surface area contributed by atoms with Gasteiger partial charge >= 0.3 is 0 Å². The number of para-hydroxylation sites is 3. The molecule has 5 aromatic carbocycles. The quantitative estimate of drug-likeness (QED) is 0.227. The maximum Gasteiger partial charge on any atom is 0.235 e. The summed E-state index contributed by atoms with van der Waals surface area (Å²) in [5.74, 6) is 0.616. The van der Waals surface area contributed by atoms with Crippen LogP contribution in [0.25, 0.3) is 77.4 Å². The van der Waals surface area contributed by atoms with Crippen LogP contribution in [-0.4, -0.2) is 29.1 Å². The van der Waals surface area contributed by atoms with Crippen LogP contribution in [-0.2, 0) is 0 Å². The molecule has 6 heteroatoms. The molecule has 4 heterocycles. The SMILES string of the molecule is c1ccc(-c2ccnc(-n3c4ccccc4c4c5cncnc5c5c6ccccc6n(-c6ccccc6)c5c43)n2)cc1. The molecule has 0 aliphatic carbocycles. The lowest BCUT2D eigenvalue weighted by molar-refractivity contribution is 0.991. The lowest BCUT2D eigenvalue weighted by Crippen LogP contribution is -2.03. The molecule has 42 heavy (non-hydrogen) atoms. The second-order valence-electron chi connectivity index (χ2n) is 10.4.